The highest BCUT2D eigenvalue weighted by molar-refractivity contribution is 7.90. The molecule has 0 saturated carbocycles. The van der Waals surface area contributed by atoms with Gasteiger partial charge < -0.3 is 4.74 Å². The average molecular weight is 348 g/mol. The van der Waals surface area contributed by atoms with Gasteiger partial charge in [-0.2, -0.15) is 5.10 Å². The summed E-state index contributed by atoms with van der Waals surface area (Å²) in [5.74, 6) is -0.116. The van der Waals surface area contributed by atoms with Crippen LogP contribution in [0.5, 0.6) is 5.75 Å². The van der Waals surface area contributed by atoms with Gasteiger partial charge in [-0.25, -0.2) is 22.8 Å². The monoisotopic (exact) mass is 348 g/mol. The molecule has 3 rings (SSSR count). The number of methoxy groups -OCH3 is 1. The lowest BCUT2D eigenvalue weighted by Crippen LogP contribution is -2.04. The molecule has 0 fully saturated rings. The quantitative estimate of drug-likeness (QED) is 0.725. The number of H-pyrrole nitrogens is 1. The summed E-state index contributed by atoms with van der Waals surface area (Å²) in [5, 5.41) is 6.44. The lowest BCUT2D eigenvalue weighted by Gasteiger charge is -2.07. The molecule has 0 aliphatic carbocycles. The third-order valence-electron chi connectivity index (χ3n) is 3.28. The Hall–Kier alpha value is -2.81. The minimum Gasteiger partial charge on any atom is -0.497 e. The van der Waals surface area contributed by atoms with Crippen LogP contribution in [-0.2, 0) is 9.84 Å². The maximum atomic E-state index is 13.7. The van der Waals surface area contributed by atoms with Crippen molar-refractivity contribution in [3.63, 3.8) is 0 Å². The second kappa shape index (κ2) is 6.00. The Kier molecular flexibility index (Phi) is 4.02. The second-order valence-electron chi connectivity index (χ2n) is 5.04. The van der Waals surface area contributed by atoms with Gasteiger partial charge in [-0.15, -0.1) is 0 Å². The van der Waals surface area contributed by atoms with Gasteiger partial charge in [-0.3, -0.25) is 5.10 Å². The average Bonchev–Trinajstić information content (AvgIpc) is 3.03. The number of rotatable bonds is 4. The highest BCUT2D eigenvalue weighted by atomic mass is 32.2. The lowest BCUT2D eigenvalue weighted by atomic mass is 10.1. The predicted octanol–water partition coefficient (Wildman–Crippen LogP) is 2.08. The first-order valence-corrected chi connectivity index (χ1v) is 8.69. The lowest BCUT2D eigenvalue weighted by molar-refractivity contribution is 0.411. The molecule has 0 bridgehead atoms. The molecule has 124 valence electrons. The maximum absolute atomic E-state index is 13.7. The van der Waals surface area contributed by atoms with Gasteiger partial charge in [0, 0.05) is 29.6 Å². The Bertz CT molecular complexity index is 1000. The summed E-state index contributed by atoms with van der Waals surface area (Å²) in [5.41, 5.74) is 1.87. The van der Waals surface area contributed by atoms with Gasteiger partial charge in [0.05, 0.1) is 24.7 Å². The number of aromatic amines is 1. The maximum Gasteiger partial charge on any atom is 0.247 e. The fraction of sp³-hybridized carbons (Fsp3) is 0.133. The molecule has 0 unspecified atom stereocenters. The molecule has 0 saturated heterocycles. The van der Waals surface area contributed by atoms with Crippen molar-refractivity contribution in [3.05, 3.63) is 42.5 Å². The van der Waals surface area contributed by atoms with Gasteiger partial charge in [0.2, 0.25) is 15.0 Å². The third-order valence-corrected chi connectivity index (χ3v) is 4.14. The molecular weight excluding hydrogens is 335 g/mol. The molecule has 7 nitrogen and oxygen atoms in total. The fourth-order valence-corrected chi connectivity index (χ4v) is 2.71. The summed E-state index contributed by atoms with van der Waals surface area (Å²) in [4.78, 5) is 7.81. The van der Waals surface area contributed by atoms with Crippen molar-refractivity contribution in [2.75, 3.05) is 13.4 Å². The summed E-state index contributed by atoms with van der Waals surface area (Å²) in [6.07, 6.45) is 3.86. The molecule has 0 aliphatic heterocycles. The Labute approximate surface area is 137 Å². The summed E-state index contributed by atoms with van der Waals surface area (Å²) < 4.78 is 42.1. The van der Waals surface area contributed by atoms with Crippen molar-refractivity contribution in [1.82, 2.24) is 20.2 Å². The van der Waals surface area contributed by atoms with Crippen molar-refractivity contribution in [2.24, 2.45) is 0 Å². The van der Waals surface area contributed by atoms with Gasteiger partial charge in [-0.1, -0.05) is 0 Å². The zero-order valence-electron chi connectivity index (χ0n) is 12.8. The van der Waals surface area contributed by atoms with E-state index in [0.717, 1.165) is 6.26 Å². The molecule has 0 aliphatic rings. The van der Waals surface area contributed by atoms with E-state index >= 15 is 0 Å². The first-order chi connectivity index (χ1) is 11.4. The minimum atomic E-state index is -3.54. The smallest absolute Gasteiger partial charge is 0.247 e. The van der Waals surface area contributed by atoms with E-state index in [0.29, 0.717) is 28.3 Å². The summed E-state index contributed by atoms with van der Waals surface area (Å²) in [6.45, 7) is 0. The van der Waals surface area contributed by atoms with E-state index < -0.39 is 15.7 Å². The van der Waals surface area contributed by atoms with Crippen LogP contribution in [0.4, 0.5) is 4.39 Å². The number of aromatic nitrogens is 4. The van der Waals surface area contributed by atoms with Gasteiger partial charge in [-0.05, 0) is 18.2 Å². The standard InChI is InChI=1S/C15H13FN4O3S/c1-23-11-6-9(5-10(16)7-11)14-12(8-18-20-14)13-3-4-17-15(19-13)24(2,21)22/h3-8H,1-2H3,(H,18,20). The molecule has 0 spiro atoms. The van der Waals surface area contributed by atoms with Crippen molar-refractivity contribution in [3.8, 4) is 28.3 Å². The number of sulfone groups is 1. The van der Waals surface area contributed by atoms with E-state index in [1.54, 1.807) is 12.1 Å². The number of ether oxygens (including phenoxy) is 1. The molecule has 9 heteroatoms. The van der Waals surface area contributed by atoms with Crippen molar-refractivity contribution >= 4 is 9.84 Å². The zero-order valence-corrected chi connectivity index (χ0v) is 13.6. The van der Waals surface area contributed by atoms with Crippen molar-refractivity contribution < 1.29 is 17.5 Å². The van der Waals surface area contributed by atoms with E-state index in [4.69, 9.17) is 4.74 Å². The van der Waals surface area contributed by atoms with Gasteiger partial charge in [0.15, 0.2) is 0 Å². The first-order valence-electron chi connectivity index (χ1n) is 6.80. The molecule has 24 heavy (non-hydrogen) atoms. The normalized spacial score (nSPS) is 11.5. The highest BCUT2D eigenvalue weighted by Gasteiger charge is 2.16. The molecule has 0 radical (unpaired) electrons. The van der Waals surface area contributed by atoms with Gasteiger partial charge in [0.1, 0.15) is 11.6 Å². The Morgan fingerprint density at radius 3 is 2.75 bits per heavy atom. The summed E-state index contributed by atoms with van der Waals surface area (Å²) in [6, 6.07) is 5.77. The van der Waals surface area contributed by atoms with Crippen LogP contribution in [-0.4, -0.2) is 41.9 Å². The molecule has 2 aromatic heterocycles. The Balaban J connectivity index is 2.14. The highest BCUT2D eigenvalue weighted by Crippen LogP contribution is 2.31. The molecule has 2 heterocycles. The molecule has 1 N–H and O–H groups in total. The van der Waals surface area contributed by atoms with Gasteiger partial charge in [0.25, 0.3) is 0 Å². The largest absolute Gasteiger partial charge is 0.497 e. The number of nitrogens with one attached hydrogen (secondary N) is 1. The topological polar surface area (TPSA) is 97.8 Å². The second-order valence-corrected chi connectivity index (χ2v) is 6.94. The molecule has 0 atom stereocenters. The van der Waals surface area contributed by atoms with E-state index in [1.165, 1.54) is 31.6 Å². The molecule has 1 aromatic carbocycles. The summed E-state index contributed by atoms with van der Waals surface area (Å²) in [7, 11) is -2.10. The van der Waals surface area contributed by atoms with E-state index in [1.807, 2.05) is 0 Å². The van der Waals surface area contributed by atoms with Crippen molar-refractivity contribution in [1.29, 1.82) is 0 Å². The SMILES string of the molecule is COc1cc(F)cc(-c2[nH]ncc2-c2ccnc(S(C)(=O)=O)n2)c1. The number of halogens is 1. The number of benzene rings is 1. The predicted molar refractivity (Wildman–Crippen MR) is 84.7 cm³/mol. The van der Waals surface area contributed by atoms with Crippen LogP contribution in [0.25, 0.3) is 22.5 Å². The van der Waals surface area contributed by atoms with Crippen LogP contribution in [0, 0.1) is 5.82 Å². The van der Waals surface area contributed by atoms with Crippen molar-refractivity contribution in [2.45, 2.75) is 5.16 Å². The zero-order chi connectivity index (χ0) is 17.3. The van der Waals surface area contributed by atoms with Crippen LogP contribution < -0.4 is 4.74 Å². The van der Waals surface area contributed by atoms with Crippen LogP contribution >= 0.6 is 0 Å². The van der Waals surface area contributed by atoms with E-state index in [2.05, 4.69) is 20.2 Å². The number of hydrogen-bond donors (Lipinski definition) is 1. The fourth-order valence-electron chi connectivity index (χ4n) is 2.19. The van der Waals surface area contributed by atoms with Crippen LogP contribution in [0.2, 0.25) is 0 Å². The number of hydrogen-bond acceptors (Lipinski definition) is 6. The molecule has 3 aromatic rings. The Morgan fingerprint density at radius 2 is 2.04 bits per heavy atom. The van der Waals surface area contributed by atoms with Gasteiger partial charge >= 0.3 is 0 Å². The van der Waals surface area contributed by atoms with E-state index in [-0.39, 0.29) is 5.16 Å². The third kappa shape index (κ3) is 3.11. The summed E-state index contributed by atoms with van der Waals surface area (Å²) >= 11 is 0. The molecular formula is C15H13FN4O3S. The van der Waals surface area contributed by atoms with Crippen LogP contribution in [0.15, 0.2) is 41.8 Å². The number of nitrogens with zero attached hydrogens (tertiary/aromatic N) is 3. The minimum absolute atomic E-state index is 0.288. The van der Waals surface area contributed by atoms with E-state index in [9.17, 15) is 12.8 Å². The Morgan fingerprint density at radius 1 is 1.25 bits per heavy atom. The first kappa shape index (κ1) is 16.1. The van der Waals surface area contributed by atoms with Crippen LogP contribution in [0.3, 0.4) is 0 Å². The van der Waals surface area contributed by atoms with Crippen LogP contribution in [0.1, 0.15) is 0 Å². The molecule has 0 amide bonds.